The maximum absolute atomic E-state index is 5.22. The molecular formula is C24H23NO. The molecule has 0 heterocycles. The quantitative estimate of drug-likeness (QED) is 0.599. The van der Waals surface area contributed by atoms with Gasteiger partial charge in [-0.3, -0.25) is 0 Å². The van der Waals surface area contributed by atoms with E-state index in [2.05, 4.69) is 53.6 Å². The average Bonchev–Trinajstić information content (AvgIpc) is 2.72. The third-order valence-electron chi connectivity index (χ3n) is 4.16. The van der Waals surface area contributed by atoms with Crippen molar-refractivity contribution in [3.63, 3.8) is 0 Å². The smallest absolute Gasteiger partial charge is 0.119 e. The lowest BCUT2D eigenvalue weighted by Crippen LogP contribution is -2.08. The van der Waals surface area contributed by atoms with E-state index in [9.17, 15) is 0 Å². The lowest BCUT2D eigenvalue weighted by Gasteiger charge is -2.15. The standard InChI is InChI=1S/C24H23NO/c1-26-23-18-16-22(17-19-23)25-24(21-13-6-3-7-14-21)15-9-8-12-20-10-4-2-5-11-20/h2-7,10-11,13-14,16-19,24-25H,8,12H2,1H3/t24-/m0/s1. The second-order valence-corrected chi connectivity index (χ2v) is 6.02. The van der Waals surface area contributed by atoms with Gasteiger partial charge in [-0.1, -0.05) is 66.6 Å². The Labute approximate surface area is 155 Å². The number of ether oxygens (including phenoxy) is 1. The van der Waals surface area contributed by atoms with Gasteiger partial charge >= 0.3 is 0 Å². The van der Waals surface area contributed by atoms with Gasteiger partial charge in [0.1, 0.15) is 11.8 Å². The molecule has 3 rings (SSSR count). The Morgan fingerprint density at radius 3 is 2.15 bits per heavy atom. The van der Waals surface area contributed by atoms with Gasteiger partial charge in [0, 0.05) is 12.1 Å². The molecular weight excluding hydrogens is 318 g/mol. The zero-order valence-corrected chi connectivity index (χ0v) is 15.0. The van der Waals surface area contributed by atoms with Crippen molar-refractivity contribution in [1.82, 2.24) is 0 Å². The molecule has 3 aromatic rings. The highest BCUT2D eigenvalue weighted by atomic mass is 16.5. The third kappa shape index (κ3) is 5.16. The van der Waals surface area contributed by atoms with Crippen LogP contribution in [0.5, 0.6) is 5.75 Å². The predicted molar refractivity (Wildman–Crippen MR) is 108 cm³/mol. The Hall–Kier alpha value is -3.18. The number of hydrogen-bond donors (Lipinski definition) is 1. The molecule has 0 fully saturated rings. The zero-order chi connectivity index (χ0) is 18.0. The molecule has 2 heteroatoms. The fraction of sp³-hybridized carbons (Fsp3) is 0.167. The molecule has 0 aliphatic heterocycles. The maximum Gasteiger partial charge on any atom is 0.119 e. The summed E-state index contributed by atoms with van der Waals surface area (Å²) in [6.07, 6.45) is 1.82. The van der Waals surface area contributed by atoms with Crippen LogP contribution >= 0.6 is 0 Å². The minimum atomic E-state index is -0.0413. The summed E-state index contributed by atoms with van der Waals surface area (Å²) in [5.74, 6) is 7.58. The maximum atomic E-state index is 5.22. The number of methoxy groups -OCH3 is 1. The van der Waals surface area contributed by atoms with Crippen molar-refractivity contribution in [2.24, 2.45) is 0 Å². The zero-order valence-electron chi connectivity index (χ0n) is 15.0. The number of rotatable bonds is 6. The van der Waals surface area contributed by atoms with E-state index in [1.807, 2.05) is 48.5 Å². The van der Waals surface area contributed by atoms with Gasteiger partial charge in [-0.05, 0) is 41.8 Å². The van der Waals surface area contributed by atoms with Crippen molar-refractivity contribution in [2.75, 3.05) is 12.4 Å². The second-order valence-electron chi connectivity index (χ2n) is 6.02. The predicted octanol–water partition coefficient (Wildman–Crippen LogP) is 5.48. The van der Waals surface area contributed by atoms with Gasteiger partial charge in [0.2, 0.25) is 0 Å². The van der Waals surface area contributed by atoms with E-state index in [0.717, 1.165) is 29.8 Å². The monoisotopic (exact) mass is 341 g/mol. The summed E-state index contributed by atoms with van der Waals surface area (Å²) in [6.45, 7) is 0. The SMILES string of the molecule is COc1ccc(N[C@@H](C#CCCc2ccccc2)c2ccccc2)cc1. The van der Waals surface area contributed by atoms with Crippen LogP contribution in [0.3, 0.4) is 0 Å². The van der Waals surface area contributed by atoms with Gasteiger partial charge in [0.25, 0.3) is 0 Å². The summed E-state index contributed by atoms with van der Waals surface area (Å²) in [4.78, 5) is 0. The molecule has 1 N–H and O–H groups in total. The summed E-state index contributed by atoms with van der Waals surface area (Å²) in [7, 11) is 1.67. The lowest BCUT2D eigenvalue weighted by atomic mass is 10.1. The highest BCUT2D eigenvalue weighted by molar-refractivity contribution is 5.50. The molecule has 130 valence electrons. The minimum Gasteiger partial charge on any atom is -0.497 e. The average molecular weight is 341 g/mol. The first-order chi connectivity index (χ1) is 12.8. The van der Waals surface area contributed by atoms with Crippen molar-refractivity contribution < 1.29 is 4.74 Å². The molecule has 0 unspecified atom stereocenters. The van der Waals surface area contributed by atoms with Crippen molar-refractivity contribution in [3.8, 4) is 17.6 Å². The molecule has 0 aliphatic carbocycles. The Morgan fingerprint density at radius 2 is 1.50 bits per heavy atom. The highest BCUT2D eigenvalue weighted by Crippen LogP contribution is 2.21. The number of nitrogens with one attached hydrogen (secondary N) is 1. The van der Waals surface area contributed by atoms with Gasteiger partial charge in [-0.25, -0.2) is 0 Å². The summed E-state index contributed by atoms with van der Waals surface area (Å²) in [5, 5.41) is 3.52. The Bertz CT molecular complexity index is 845. The highest BCUT2D eigenvalue weighted by Gasteiger charge is 2.07. The van der Waals surface area contributed by atoms with E-state index in [0.29, 0.717) is 0 Å². The number of hydrogen-bond acceptors (Lipinski definition) is 2. The first kappa shape index (κ1) is 17.6. The number of anilines is 1. The van der Waals surface area contributed by atoms with E-state index < -0.39 is 0 Å². The molecule has 2 nitrogen and oxygen atoms in total. The summed E-state index contributed by atoms with van der Waals surface area (Å²) < 4.78 is 5.22. The third-order valence-corrected chi connectivity index (χ3v) is 4.16. The Balaban J connectivity index is 1.70. The van der Waals surface area contributed by atoms with E-state index in [-0.39, 0.29) is 6.04 Å². The van der Waals surface area contributed by atoms with E-state index in [4.69, 9.17) is 4.74 Å². The van der Waals surface area contributed by atoms with Crippen LogP contribution in [0.2, 0.25) is 0 Å². The van der Waals surface area contributed by atoms with Gasteiger partial charge in [-0.15, -0.1) is 5.92 Å². The molecule has 0 saturated heterocycles. The van der Waals surface area contributed by atoms with Crippen molar-refractivity contribution in [3.05, 3.63) is 96.1 Å². The topological polar surface area (TPSA) is 21.3 Å². The molecule has 0 aromatic heterocycles. The molecule has 0 radical (unpaired) electrons. The van der Waals surface area contributed by atoms with Gasteiger partial charge < -0.3 is 10.1 Å². The molecule has 1 atom stereocenters. The van der Waals surface area contributed by atoms with Crippen molar-refractivity contribution >= 4 is 5.69 Å². The van der Waals surface area contributed by atoms with E-state index >= 15 is 0 Å². The van der Waals surface area contributed by atoms with Crippen molar-refractivity contribution in [2.45, 2.75) is 18.9 Å². The van der Waals surface area contributed by atoms with Crippen LogP contribution in [0, 0.1) is 11.8 Å². The molecule has 0 aliphatic rings. The largest absolute Gasteiger partial charge is 0.497 e. The van der Waals surface area contributed by atoms with E-state index in [1.165, 1.54) is 5.56 Å². The Morgan fingerprint density at radius 1 is 0.846 bits per heavy atom. The number of benzene rings is 3. The lowest BCUT2D eigenvalue weighted by molar-refractivity contribution is 0.415. The fourth-order valence-corrected chi connectivity index (χ4v) is 2.73. The molecule has 0 bridgehead atoms. The minimum absolute atomic E-state index is 0.0413. The first-order valence-electron chi connectivity index (χ1n) is 8.83. The van der Waals surface area contributed by atoms with Gasteiger partial charge in [0.15, 0.2) is 0 Å². The van der Waals surface area contributed by atoms with Crippen LogP contribution in [-0.2, 0) is 6.42 Å². The molecule has 0 amide bonds. The van der Waals surface area contributed by atoms with Crippen LogP contribution in [-0.4, -0.2) is 7.11 Å². The van der Waals surface area contributed by atoms with Gasteiger partial charge in [0.05, 0.1) is 7.11 Å². The number of aryl methyl sites for hydroxylation is 1. The van der Waals surface area contributed by atoms with Gasteiger partial charge in [-0.2, -0.15) is 0 Å². The second kappa shape index (κ2) is 9.34. The fourth-order valence-electron chi connectivity index (χ4n) is 2.73. The van der Waals surface area contributed by atoms with E-state index in [1.54, 1.807) is 7.11 Å². The summed E-state index contributed by atoms with van der Waals surface area (Å²) in [5.41, 5.74) is 3.51. The molecule has 26 heavy (non-hydrogen) atoms. The molecule has 0 saturated carbocycles. The van der Waals surface area contributed by atoms with Crippen LogP contribution in [0.15, 0.2) is 84.9 Å². The van der Waals surface area contributed by atoms with Crippen molar-refractivity contribution in [1.29, 1.82) is 0 Å². The first-order valence-corrected chi connectivity index (χ1v) is 8.83. The summed E-state index contributed by atoms with van der Waals surface area (Å²) >= 11 is 0. The van der Waals surface area contributed by atoms with Crippen LogP contribution in [0.1, 0.15) is 23.6 Å². The van der Waals surface area contributed by atoms with Crippen LogP contribution in [0.25, 0.3) is 0 Å². The molecule has 3 aromatic carbocycles. The molecule has 0 spiro atoms. The normalized spacial score (nSPS) is 11.1. The van der Waals surface area contributed by atoms with Crippen LogP contribution in [0.4, 0.5) is 5.69 Å². The Kier molecular flexibility index (Phi) is 6.34. The summed E-state index contributed by atoms with van der Waals surface area (Å²) in [6, 6.07) is 28.7. The van der Waals surface area contributed by atoms with Crippen LogP contribution < -0.4 is 10.1 Å².